The van der Waals surface area contributed by atoms with E-state index in [1.165, 1.54) is 19.6 Å². The Kier molecular flexibility index (Phi) is 6.54. The minimum absolute atomic E-state index is 0.157. The number of nitrogens with zero attached hydrogens (tertiary/aromatic N) is 2. The first-order valence-corrected chi connectivity index (χ1v) is 6.24. The van der Waals surface area contributed by atoms with Crippen LogP contribution in [0.25, 0.3) is 0 Å². The Morgan fingerprint density at radius 2 is 2.29 bits per heavy atom. The Hall–Kier alpha value is -2.75. The number of esters is 1. The summed E-state index contributed by atoms with van der Waals surface area (Å²) in [6, 6.07) is 5.36. The van der Waals surface area contributed by atoms with Crippen LogP contribution in [0.3, 0.4) is 0 Å². The van der Waals surface area contributed by atoms with Crippen molar-refractivity contribution in [1.82, 2.24) is 4.90 Å². The van der Waals surface area contributed by atoms with Crippen LogP contribution in [0, 0.1) is 11.3 Å². The largest absolute Gasteiger partial charge is 0.469 e. The number of rotatable bonds is 6. The van der Waals surface area contributed by atoms with Gasteiger partial charge in [0.05, 0.1) is 31.6 Å². The lowest BCUT2D eigenvalue weighted by molar-refractivity contribution is -0.141. The highest BCUT2D eigenvalue weighted by Gasteiger charge is 2.18. The molecule has 1 aromatic rings. The van der Waals surface area contributed by atoms with Gasteiger partial charge in [-0.25, -0.2) is 4.79 Å². The molecular weight excluding hydrogens is 276 g/mol. The first kappa shape index (κ1) is 16.3. The van der Waals surface area contributed by atoms with Gasteiger partial charge in [0.2, 0.25) is 0 Å². The lowest BCUT2D eigenvalue weighted by Gasteiger charge is -2.16. The number of methoxy groups -OCH3 is 1. The van der Waals surface area contributed by atoms with E-state index in [2.05, 4.69) is 4.74 Å². The summed E-state index contributed by atoms with van der Waals surface area (Å²) >= 11 is 0. The van der Waals surface area contributed by atoms with Crippen molar-refractivity contribution in [1.29, 1.82) is 5.26 Å². The molecule has 0 aliphatic carbocycles. The topological polar surface area (TPSA) is 92.8 Å². The van der Waals surface area contributed by atoms with Crippen LogP contribution in [-0.2, 0) is 20.7 Å². The number of furan rings is 1. The van der Waals surface area contributed by atoms with Crippen LogP contribution < -0.4 is 0 Å². The molecule has 0 radical (unpaired) electrons. The number of carbonyl (C=O) groups is 2. The highest BCUT2D eigenvalue weighted by molar-refractivity contribution is 5.78. The molecule has 1 heterocycles. The minimum atomic E-state index is -0.727. The third-order valence-corrected chi connectivity index (χ3v) is 2.43. The number of hydrogen-bond donors (Lipinski definition) is 0. The van der Waals surface area contributed by atoms with Crippen molar-refractivity contribution in [3.05, 3.63) is 35.9 Å². The average molecular weight is 292 g/mol. The summed E-state index contributed by atoms with van der Waals surface area (Å²) in [5.41, 5.74) is 0.252. The van der Waals surface area contributed by atoms with Crippen LogP contribution in [0.4, 0.5) is 4.79 Å². The van der Waals surface area contributed by atoms with Crippen molar-refractivity contribution in [3.63, 3.8) is 0 Å². The highest BCUT2D eigenvalue weighted by atomic mass is 16.6. The number of carbonyl (C=O) groups excluding carboxylic acids is 2. The maximum absolute atomic E-state index is 11.8. The number of amides is 1. The molecule has 0 saturated heterocycles. The van der Waals surface area contributed by atoms with Crippen molar-refractivity contribution >= 4 is 12.1 Å². The van der Waals surface area contributed by atoms with Gasteiger partial charge in [-0.15, -0.1) is 0 Å². The average Bonchev–Trinajstić information content (AvgIpc) is 2.98. The molecule has 0 aliphatic heterocycles. The predicted molar refractivity (Wildman–Crippen MR) is 71.9 cm³/mol. The first-order valence-electron chi connectivity index (χ1n) is 6.24. The first-order chi connectivity index (χ1) is 10.1. The number of ether oxygens (including phenoxy) is 2. The molecule has 1 amide bonds. The van der Waals surface area contributed by atoms with Gasteiger partial charge in [0.15, 0.2) is 0 Å². The van der Waals surface area contributed by atoms with E-state index < -0.39 is 12.1 Å². The molecule has 7 nitrogen and oxygen atoms in total. The standard InChI is InChI=1S/C14H16N2O5/c1-3-20-14(18)16(10-13(17)19-2)9-11(8-15)7-12-5-4-6-21-12/h4-6,9H,3,7,10H2,1-2H3/b11-9+. The van der Waals surface area contributed by atoms with Gasteiger partial charge >= 0.3 is 12.1 Å². The molecule has 0 atom stereocenters. The molecule has 21 heavy (non-hydrogen) atoms. The zero-order valence-electron chi connectivity index (χ0n) is 11.9. The third-order valence-electron chi connectivity index (χ3n) is 2.43. The molecule has 112 valence electrons. The quantitative estimate of drug-likeness (QED) is 0.587. The smallest absolute Gasteiger partial charge is 0.414 e. The zero-order chi connectivity index (χ0) is 15.7. The van der Waals surface area contributed by atoms with Gasteiger partial charge in [-0.3, -0.25) is 9.69 Å². The Balaban J connectivity index is 2.89. The summed E-state index contributed by atoms with van der Waals surface area (Å²) in [7, 11) is 1.21. The second kappa shape index (κ2) is 8.43. The fourth-order valence-electron chi connectivity index (χ4n) is 1.48. The van der Waals surface area contributed by atoms with E-state index in [0.717, 1.165) is 4.90 Å². The van der Waals surface area contributed by atoms with E-state index in [4.69, 9.17) is 14.4 Å². The number of allylic oxidation sites excluding steroid dienone is 1. The molecule has 0 unspecified atom stereocenters. The maximum Gasteiger partial charge on any atom is 0.414 e. The molecule has 7 heteroatoms. The summed E-state index contributed by atoms with van der Waals surface area (Å²) in [5, 5.41) is 9.12. The van der Waals surface area contributed by atoms with Gasteiger partial charge in [0.1, 0.15) is 12.3 Å². The Morgan fingerprint density at radius 3 is 2.81 bits per heavy atom. The zero-order valence-corrected chi connectivity index (χ0v) is 11.9. The van der Waals surface area contributed by atoms with E-state index in [0.29, 0.717) is 5.76 Å². The van der Waals surface area contributed by atoms with Gasteiger partial charge in [-0.2, -0.15) is 5.26 Å². The van der Waals surface area contributed by atoms with Gasteiger partial charge in [0, 0.05) is 12.6 Å². The van der Waals surface area contributed by atoms with Crippen LogP contribution >= 0.6 is 0 Å². The fraction of sp³-hybridized carbons (Fsp3) is 0.357. The van der Waals surface area contributed by atoms with E-state index in [-0.39, 0.29) is 25.1 Å². The Bertz CT molecular complexity index is 542. The molecule has 0 bridgehead atoms. The van der Waals surface area contributed by atoms with Crippen molar-refractivity contribution in [2.75, 3.05) is 20.3 Å². The summed E-state index contributed by atoms with van der Waals surface area (Å²) in [4.78, 5) is 24.1. The minimum Gasteiger partial charge on any atom is -0.469 e. The van der Waals surface area contributed by atoms with Crippen molar-refractivity contribution in [2.45, 2.75) is 13.3 Å². The molecule has 0 N–H and O–H groups in total. The molecule has 1 aromatic heterocycles. The summed E-state index contributed by atoms with van der Waals surface area (Å²) < 4.78 is 14.5. The van der Waals surface area contributed by atoms with Crippen LogP contribution in [0.15, 0.2) is 34.6 Å². The van der Waals surface area contributed by atoms with E-state index in [1.54, 1.807) is 19.1 Å². The molecule has 1 rings (SSSR count). The van der Waals surface area contributed by atoms with Crippen LogP contribution in [0.5, 0.6) is 0 Å². The van der Waals surface area contributed by atoms with Crippen LogP contribution in [0.1, 0.15) is 12.7 Å². The fourth-order valence-corrected chi connectivity index (χ4v) is 1.48. The number of hydrogen-bond acceptors (Lipinski definition) is 6. The molecule has 0 aliphatic rings. The summed E-state index contributed by atoms with van der Waals surface area (Å²) in [6.45, 7) is 1.47. The number of nitriles is 1. The second-order valence-corrected chi connectivity index (χ2v) is 3.93. The Labute approximate surface area is 122 Å². The molecular formula is C14H16N2O5. The van der Waals surface area contributed by atoms with E-state index >= 15 is 0 Å². The molecule has 0 saturated carbocycles. The van der Waals surface area contributed by atoms with Crippen LogP contribution in [0.2, 0.25) is 0 Å². The SMILES string of the molecule is CCOC(=O)N(/C=C(/C#N)Cc1ccco1)CC(=O)OC. The van der Waals surface area contributed by atoms with E-state index in [9.17, 15) is 9.59 Å². The maximum atomic E-state index is 11.8. The van der Waals surface area contributed by atoms with E-state index in [1.807, 2.05) is 6.07 Å². The monoisotopic (exact) mass is 292 g/mol. The lowest BCUT2D eigenvalue weighted by atomic mass is 10.2. The van der Waals surface area contributed by atoms with Crippen molar-refractivity contribution < 1.29 is 23.5 Å². The Morgan fingerprint density at radius 1 is 1.52 bits per heavy atom. The molecule has 0 fully saturated rings. The van der Waals surface area contributed by atoms with Gasteiger partial charge < -0.3 is 13.9 Å². The van der Waals surface area contributed by atoms with Crippen molar-refractivity contribution in [3.8, 4) is 6.07 Å². The molecule has 0 aromatic carbocycles. The third kappa shape index (κ3) is 5.40. The predicted octanol–water partition coefficient (Wildman–Crippen LogP) is 1.86. The normalized spacial score (nSPS) is 10.6. The summed E-state index contributed by atoms with van der Waals surface area (Å²) in [5.74, 6) is -0.0423. The molecule has 0 spiro atoms. The summed E-state index contributed by atoms with van der Waals surface area (Å²) in [6.07, 6.45) is 2.23. The van der Waals surface area contributed by atoms with Gasteiger partial charge in [0.25, 0.3) is 0 Å². The highest BCUT2D eigenvalue weighted by Crippen LogP contribution is 2.10. The van der Waals surface area contributed by atoms with Crippen molar-refractivity contribution in [2.24, 2.45) is 0 Å². The van der Waals surface area contributed by atoms with Gasteiger partial charge in [-0.05, 0) is 19.1 Å². The van der Waals surface area contributed by atoms with Gasteiger partial charge in [-0.1, -0.05) is 0 Å². The lowest BCUT2D eigenvalue weighted by Crippen LogP contribution is -2.32. The second-order valence-electron chi connectivity index (χ2n) is 3.93. The van der Waals surface area contributed by atoms with Crippen LogP contribution in [-0.4, -0.2) is 37.2 Å².